The van der Waals surface area contributed by atoms with Gasteiger partial charge in [-0.1, -0.05) is 6.92 Å². The predicted octanol–water partition coefficient (Wildman–Crippen LogP) is 2.25. The van der Waals surface area contributed by atoms with Gasteiger partial charge in [0.25, 0.3) is 11.5 Å². The first-order valence-corrected chi connectivity index (χ1v) is 7.73. The summed E-state index contributed by atoms with van der Waals surface area (Å²) in [5.74, 6) is 0.512. The van der Waals surface area contributed by atoms with E-state index >= 15 is 0 Å². The Labute approximate surface area is 138 Å². The first-order valence-electron chi connectivity index (χ1n) is 7.73. The van der Waals surface area contributed by atoms with E-state index in [4.69, 9.17) is 4.42 Å². The standard InChI is InChI=1S/C16H19N5O3/c1-5-9(2)21-11(6-7-18-21)19-14(22)12-10(3)24-15-13(12)16(23)20(4)8-17-15/h6-9H,5H2,1-4H3,(H,19,22). The van der Waals surface area contributed by atoms with Gasteiger partial charge in [0.1, 0.15) is 23.3 Å². The monoisotopic (exact) mass is 329 g/mol. The summed E-state index contributed by atoms with van der Waals surface area (Å²) < 4.78 is 8.53. The van der Waals surface area contributed by atoms with E-state index in [0.29, 0.717) is 11.6 Å². The normalized spacial score (nSPS) is 12.5. The van der Waals surface area contributed by atoms with Crippen LogP contribution < -0.4 is 10.9 Å². The third kappa shape index (κ3) is 2.49. The summed E-state index contributed by atoms with van der Waals surface area (Å²) in [5, 5.41) is 7.24. The molecule has 8 nitrogen and oxygen atoms in total. The van der Waals surface area contributed by atoms with Crippen LogP contribution in [0.15, 0.2) is 27.8 Å². The Morgan fingerprint density at radius 1 is 1.46 bits per heavy atom. The lowest BCUT2D eigenvalue weighted by atomic mass is 10.2. The molecule has 0 aliphatic carbocycles. The molecule has 1 unspecified atom stereocenters. The fourth-order valence-electron chi connectivity index (χ4n) is 2.58. The molecule has 24 heavy (non-hydrogen) atoms. The zero-order chi connectivity index (χ0) is 17.4. The van der Waals surface area contributed by atoms with Crippen LogP contribution in [0, 0.1) is 6.92 Å². The van der Waals surface area contributed by atoms with Gasteiger partial charge < -0.3 is 14.3 Å². The van der Waals surface area contributed by atoms with Crippen LogP contribution in [0.5, 0.6) is 0 Å². The summed E-state index contributed by atoms with van der Waals surface area (Å²) in [6.07, 6.45) is 3.87. The third-order valence-electron chi connectivity index (χ3n) is 4.10. The Morgan fingerprint density at radius 2 is 2.21 bits per heavy atom. The van der Waals surface area contributed by atoms with Crippen LogP contribution in [-0.4, -0.2) is 25.2 Å². The van der Waals surface area contributed by atoms with Gasteiger partial charge in [0.15, 0.2) is 0 Å². The third-order valence-corrected chi connectivity index (χ3v) is 4.10. The fourth-order valence-corrected chi connectivity index (χ4v) is 2.58. The highest BCUT2D eigenvalue weighted by Crippen LogP contribution is 2.23. The summed E-state index contributed by atoms with van der Waals surface area (Å²) in [5.41, 5.74) is 0.0456. The van der Waals surface area contributed by atoms with E-state index in [0.717, 1.165) is 6.42 Å². The average molecular weight is 329 g/mol. The molecule has 0 fully saturated rings. The molecule has 0 radical (unpaired) electrons. The first kappa shape index (κ1) is 16.0. The predicted molar refractivity (Wildman–Crippen MR) is 89.2 cm³/mol. The highest BCUT2D eigenvalue weighted by atomic mass is 16.3. The molecule has 0 saturated carbocycles. The molecule has 126 valence electrons. The van der Waals surface area contributed by atoms with Crippen LogP contribution in [0.2, 0.25) is 0 Å². The van der Waals surface area contributed by atoms with Crippen molar-refractivity contribution < 1.29 is 9.21 Å². The number of amides is 1. The molecular formula is C16H19N5O3. The highest BCUT2D eigenvalue weighted by Gasteiger charge is 2.23. The number of nitrogens with zero attached hydrogens (tertiary/aromatic N) is 4. The summed E-state index contributed by atoms with van der Waals surface area (Å²) >= 11 is 0. The van der Waals surface area contributed by atoms with Gasteiger partial charge >= 0.3 is 0 Å². The van der Waals surface area contributed by atoms with Crippen LogP contribution in [0.3, 0.4) is 0 Å². The number of hydrogen-bond donors (Lipinski definition) is 1. The molecule has 1 atom stereocenters. The van der Waals surface area contributed by atoms with Gasteiger partial charge in [0.2, 0.25) is 5.71 Å². The van der Waals surface area contributed by atoms with E-state index in [-0.39, 0.29) is 28.3 Å². The van der Waals surface area contributed by atoms with Crippen LogP contribution in [0.4, 0.5) is 5.82 Å². The van der Waals surface area contributed by atoms with Crippen molar-refractivity contribution in [2.45, 2.75) is 33.2 Å². The highest BCUT2D eigenvalue weighted by molar-refractivity contribution is 6.12. The van der Waals surface area contributed by atoms with Crippen molar-refractivity contribution in [2.24, 2.45) is 7.05 Å². The minimum absolute atomic E-state index is 0.145. The number of anilines is 1. The van der Waals surface area contributed by atoms with E-state index in [2.05, 4.69) is 15.4 Å². The Morgan fingerprint density at radius 3 is 2.92 bits per heavy atom. The molecule has 0 saturated heterocycles. The average Bonchev–Trinajstić information content (AvgIpc) is 3.14. The lowest BCUT2D eigenvalue weighted by molar-refractivity contribution is 0.102. The zero-order valence-electron chi connectivity index (χ0n) is 14.0. The number of hydrogen-bond acceptors (Lipinski definition) is 5. The molecule has 3 heterocycles. The zero-order valence-corrected chi connectivity index (χ0v) is 14.0. The molecule has 1 amide bonds. The van der Waals surface area contributed by atoms with E-state index in [1.165, 1.54) is 10.9 Å². The SMILES string of the molecule is CCC(C)n1nccc1NC(=O)c1c(C)oc2ncn(C)c(=O)c12. The quantitative estimate of drug-likeness (QED) is 0.792. The summed E-state index contributed by atoms with van der Waals surface area (Å²) in [6, 6.07) is 1.87. The smallest absolute Gasteiger partial charge is 0.265 e. The van der Waals surface area contributed by atoms with Gasteiger partial charge in [-0.15, -0.1) is 0 Å². The number of carbonyl (C=O) groups is 1. The molecule has 3 aromatic heterocycles. The van der Waals surface area contributed by atoms with Crippen LogP contribution >= 0.6 is 0 Å². The maximum Gasteiger partial charge on any atom is 0.265 e. The lowest BCUT2D eigenvalue weighted by Gasteiger charge is -2.14. The van der Waals surface area contributed by atoms with E-state index < -0.39 is 5.91 Å². The van der Waals surface area contributed by atoms with Gasteiger partial charge in [0, 0.05) is 13.1 Å². The molecule has 0 aromatic carbocycles. The second-order valence-electron chi connectivity index (χ2n) is 5.75. The van der Waals surface area contributed by atoms with E-state index in [1.807, 2.05) is 13.8 Å². The molecule has 0 spiro atoms. The van der Waals surface area contributed by atoms with Crippen molar-refractivity contribution in [1.29, 1.82) is 0 Å². The fraction of sp³-hybridized carbons (Fsp3) is 0.375. The van der Waals surface area contributed by atoms with Gasteiger partial charge in [-0.25, -0.2) is 9.67 Å². The molecule has 8 heteroatoms. The summed E-state index contributed by atoms with van der Waals surface area (Å²) in [4.78, 5) is 29.2. The largest absolute Gasteiger partial charge is 0.442 e. The van der Waals surface area contributed by atoms with Gasteiger partial charge in [-0.2, -0.15) is 5.10 Å². The molecule has 3 aromatic rings. The van der Waals surface area contributed by atoms with Crippen molar-refractivity contribution in [2.75, 3.05) is 5.32 Å². The van der Waals surface area contributed by atoms with Crippen LogP contribution in [-0.2, 0) is 7.05 Å². The van der Waals surface area contributed by atoms with Gasteiger partial charge in [-0.3, -0.25) is 9.59 Å². The molecular weight excluding hydrogens is 310 g/mol. The Bertz CT molecular complexity index is 966. The second kappa shape index (κ2) is 5.95. The number of nitrogens with one attached hydrogen (secondary N) is 1. The summed E-state index contributed by atoms with van der Waals surface area (Å²) in [6.45, 7) is 5.70. The molecule has 3 rings (SSSR count). The van der Waals surface area contributed by atoms with E-state index in [1.54, 1.807) is 30.9 Å². The van der Waals surface area contributed by atoms with Crippen molar-refractivity contribution in [3.63, 3.8) is 0 Å². The van der Waals surface area contributed by atoms with Crippen LogP contribution in [0.1, 0.15) is 42.4 Å². The molecule has 0 aliphatic heterocycles. The number of rotatable bonds is 4. The maximum absolute atomic E-state index is 12.7. The second-order valence-corrected chi connectivity index (χ2v) is 5.75. The van der Waals surface area contributed by atoms with Crippen molar-refractivity contribution in [1.82, 2.24) is 19.3 Å². The van der Waals surface area contributed by atoms with Crippen molar-refractivity contribution in [3.05, 3.63) is 40.3 Å². The lowest BCUT2D eigenvalue weighted by Crippen LogP contribution is -2.22. The number of aromatic nitrogens is 4. The number of aryl methyl sites for hydroxylation is 2. The van der Waals surface area contributed by atoms with Crippen LogP contribution in [0.25, 0.3) is 11.1 Å². The number of carbonyl (C=O) groups excluding carboxylic acids is 1. The molecule has 0 bridgehead atoms. The van der Waals surface area contributed by atoms with Gasteiger partial charge in [-0.05, 0) is 20.3 Å². The molecule has 1 N–H and O–H groups in total. The number of furan rings is 1. The van der Waals surface area contributed by atoms with E-state index in [9.17, 15) is 9.59 Å². The summed E-state index contributed by atoms with van der Waals surface area (Å²) in [7, 11) is 1.58. The van der Waals surface area contributed by atoms with Gasteiger partial charge in [0.05, 0.1) is 17.8 Å². The van der Waals surface area contributed by atoms with Crippen molar-refractivity contribution >= 4 is 22.8 Å². The minimum atomic E-state index is -0.415. The maximum atomic E-state index is 12.7. The topological polar surface area (TPSA) is 94.9 Å². The Hall–Kier alpha value is -2.90. The van der Waals surface area contributed by atoms with Crippen molar-refractivity contribution in [3.8, 4) is 0 Å². The first-order chi connectivity index (χ1) is 11.4. The number of fused-ring (bicyclic) bond motifs is 1. The minimum Gasteiger partial charge on any atom is -0.442 e. The Kier molecular flexibility index (Phi) is 3.96. The molecule has 0 aliphatic rings. The Balaban J connectivity index is 2.04.